The number of urea groups is 1. The van der Waals surface area contributed by atoms with Crippen LogP contribution >= 0.6 is 11.8 Å². The van der Waals surface area contributed by atoms with Gasteiger partial charge in [-0.2, -0.15) is 0 Å². The van der Waals surface area contributed by atoms with Crippen LogP contribution in [0.5, 0.6) is 5.75 Å². The van der Waals surface area contributed by atoms with Crippen LogP contribution in [0.2, 0.25) is 0 Å². The number of primary amides is 1. The van der Waals surface area contributed by atoms with Crippen LogP contribution in [0.1, 0.15) is 13.8 Å². The second kappa shape index (κ2) is 7.04. The van der Waals surface area contributed by atoms with Crippen molar-refractivity contribution < 1.29 is 14.3 Å². The summed E-state index contributed by atoms with van der Waals surface area (Å²) < 4.78 is 5.13. The first kappa shape index (κ1) is 15.4. The molecule has 0 aliphatic carbocycles. The minimum atomic E-state index is -0.832. The maximum absolute atomic E-state index is 11.9. The van der Waals surface area contributed by atoms with E-state index in [9.17, 15) is 9.59 Å². The molecule has 1 unspecified atom stereocenters. The van der Waals surface area contributed by atoms with Crippen molar-refractivity contribution in [3.63, 3.8) is 0 Å². The number of nitrogens with two attached hydrogens (primary N) is 1. The summed E-state index contributed by atoms with van der Waals surface area (Å²) in [6, 6.07) is 6.59. The number of nitrogens with one attached hydrogen (secondary N) is 1. The summed E-state index contributed by atoms with van der Waals surface area (Å²) in [5.74, 6) is 0.411. The van der Waals surface area contributed by atoms with E-state index in [1.807, 2.05) is 38.1 Å². The molecule has 104 valence electrons. The number of imide groups is 1. The SMILES string of the molecule is COc1cccc(SC(C(=O)NC(N)=O)C(C)C)c1. The fourth-order valence-corrected chi connectivity index (χ4v) is 2.58. The largest absolute Gasteiger partial charge is 0.497 e. The number of carbonyl (C=O) groups excluding carboxylic acids is 2. The van der Waals surface area contributed by atoms with Gasteiger partial charge in [-0.3, -0.25) is 10.1 Å². The minimum absolute atomic E-state index is 0.0653. The fourth-order valence-electron chi connectivity index (χ4n) is 1.51. The minimum Gasteiger partial charge on any atom is -0.497 e. The number of rotatable bonds is 5. The van der Waals surface area contributed by atoms with Crippen LogP contribution in [0, 0.1) is 5.92 Å². The summed E-state index contributed by atoms with van der Waals surface area (Å²) in [6.07, 6.45) is 0. The summed E-state index contributed by atoms with van der Waals surface area (Å²) in [5.41, 5.74) is 4.97. The third-order valence-electron chi connectivity index (χ3n) is 2.41. The van der Waals surface area contributed by atoms with Gasteiger partial charge >= 0.3 is 6.03 Å². The van der Waals surface area contributed by atoms with Gasteiger partial charge in [0.25, 0.3) is 0 Å². The van der Waals surface area contributed by atoms with E-state index in [1.54, 1.807) is 7.11 Å². The quantitative estimate of drug-likeness (QED) is 0.809. The second-order valence-corrected chi connectivity index (χ2v) is 5.53. The number of carbonyl (C=O) groups is 2. The molecule has 1 aromatic rings. The van der Waals surface area contributed by atoms with Crippen LogP contribution in [0.15, 0.2) is 29.2 Å². The number of hydrogen-bond donors (Lipinski definition) is 2. The number of thioether (sulfide) groups is 1. The summed E-state index contributed by atoms with van der Waals surface area (Å²) in [4.78, 5) is 23.5. The standard InChI is InChI=1S/C13H18N2O3S/c1-8(2)11(12(16)15-13(14)17)19-10-6-4-5-9(7-10)18-3/h4-8,11H,1-3H3,(H3,14,15,16,17). The smallest absolute Gasteiger partial charge is 0.318 e. The predicted molar refractivity (Wildman–Crippen MR) is 75.2 cm³/mol. The second-order valence-electron chi connectivity index (χ2n) is 4.31. The molecule has 0 saturated carbocycles. The molecule has 0 bridgehead atoms. The van der Waals surface area contributed by atoms with Crippen LogP contribution in [0.3, 0.4) is 0 Å². The molecule has 6 heteroatoms. The van der Waals surface area contributed by atoms with Gasteiger partial charge in [-0.25, -0.2) is 4.79 Å². The van der Waals surface area contributed by atoms with Gasteiger partial charge in [0.15, 0.2) is 0 Å². The Hall–Kier alpha value is -1.69. The average Bonchev–Trinajstić information content (AvgIpc) is 2.34. The number of amides is 3. The molecule has 1 atom stereocenters. The summed E-state index contributed by atoms with van der Waals surface area (Å²) in [5, 5.41) is 1.73. The van der Waals surface area contributed by atoms with Crippen LogP contribution in [0.4, 0.5) is 4.79 Å². The average molecular weight is 282 g/mol. The summed E-state index contributed by atoms with van der Waals surface area (Å²) in [7, 11) is 1.59. The Labute approximate surface area is 116 Å². The highest BCUT2D eigenvalue weighted by atomic mass is 32.2. The summed E-state index contributed by atoms with van der Waals surface area (Å²) >= 11 is 1.38. The maximum atomic E-state index is 11.9. The lowest BCUT2D eigenvalue weighted by Crippen LogP contribution is -2.42. The Kier molecular flexibility index (Phi) is 5.69. The molecule has 0 fully saturated rings. The van der Waals surface area contributed by atoms with Crippen molar-refractivity contribution in [3.05, 3.63) is 24.3 Å². The van der Waals surface area contributed by atoms with Gasteiger partial charge in [-0.1, -0.05) is 19.9 Å². The van der Waals surface area contributed by atoms with Crippen LogP contribution < -0.4 is 15.8 Å². The molecule has 0 aliphatic rings. The van der Waals surface area contributed by atoms with Gasteiger partial charge in [0.2, 0.25) is 5.91 Å². The molecule has 5 nitrogen and oxygen atoms in total. The van der Waals surface area contributed by atoms with Gasteiger partial charge in [0, 0.05) is 4.90 Å². The van der Waals surface area contributed by atoms with E-state index in [2.05, 4.69) is 5.32 Å². The topological polar surface area (TPSA) is 81.4 Å². The van der Waals surface area contributed by atoms with Crippen molar-refractivity contribution in [1.82, 2.24) is 5.32 Å². The van der Waals surface area contributed by atoms with Gasteiger partial charge in [0.05, 0.1) is 12.4 Å². The Bertz CT molecular complexity index is 463. The van der Waals surface area contributed by atoms with E-state index in [0.29, 0.717) is 0 Å². The van der Waals surface area contributed by atoms with Crippen molar-refractivity contribution in [3.8, 4) is 5.75 Å². The molecule has 1 rings (SSSR count). The normalized spacial score (nSPS) is 12.0. The lowest BCUT2D eigenvalue weighted by atomic mass is 10.1. The van der Waals surface area contributed by atoms with E-state index in [4.69, 9.17) is 10.5 Å². The highest BCUT2D eigenvalue weighted by Gasteiger charge is 2.24. The molecular weight excluding hydrogens is 264 g/mol. The maximum Gasteiger partial charge on any atom is 0.318 e. The summed E-state index contributed by atoms with van der Waals surface area (Å²) in [6.45, 7) is 3.83. The molecule has 0 heterocycles. The van der Waals surface area contributed by atoms with E-state index in [-0.39, 0.29) is 17.1 Å². The zero-order valence-corrected chi connectivity index (χ0v) is 12.0. The molecule has 0 aromatic heterocycles. The fraction of sp³-hybridized carbons (Fsp3) is 0.385. The van der Waals surface area contributed by atoms with Crippen LogP contribution in [-0.4, -0.2) is 24.3 Å². The number of benzene rings is 1. The van der Waals surface area contributed by atoms with Crippen molar-refractivity contribution in [2.45, 2.75) is 24.0 Å². The number of methoxy groups -OCH3 is 1. The highest BCUT2D eigenvalue weighted by Crippen LogP contribution is 2.30. The van der Waals surface area contributed by atoms with Gasteiger partial charge in [-0.05, 0) is 24.1 Å². The molecule has 0 aliphatic heterocycles. The Balaban J connectivity index is 2.83. The molecule has 1 aromatic carbocycles. The Morgan fingerprint density at radius 1 is 1.37 bits per heavy atom. The van der Waals surface area contributed by atoms with Gasteiger partial charge < -0.3 is 10.5 Å². The third-order valence-corrected chi connectivity index (χ3v) is 3.95. The number of ether oxygens (including phenoxy) is 1. The van der Waals surface area contributed by atoms with E-state index in [1.165, 1.54) is 11.8 Å². The monoisotopic (exact) mass is 282 g/mol. The first-order valence-corrected chi connectivity index (χ1v) is 6.73. The highest BCUT2D eigenvalue weighted by molar-refractivity contribution is 8.00. The molecule has 19 heavy (non-hydrogen) atoms. The first-order chi connectivity index (χ1) is 8.93. The van der Waals surface area contributed by atoms with Gasteiger partial charge in [-0.15, -0.1) is 11.8 Å². The van der Waals surface area contributed by atoms with Gasteiger partial charge in [0.1, 0.15) is 5.75 Å². The molecule has 0 saturated heterocycles. The Morgan fingerprint density at radius 2 is 2.05 bits per heavy atom. The first-order valence-electron chi connectivity index (χ1n) is 5.85. The van der Waals surface area contributed by atoms with Crippen molar-refractivity contribution in [2.24, 2.45) is 11.7 Å². The lowest BCUT2D eigenvalue weighted by Gasteiger charge is -2.19. The van der Waals surface area contributed by atoms with Crippen LogP contribution in [-0.2, 0) is 4.79 Å². The van der Waals surface area contributed by atoms with Crippen molar-refractivity contribution in [2.75, 3.05) is 7.11 Å². The van der Waals surface area contributed by atoms with E-state index in [0.717, 1.165) is 10.6 Å². The Morgan fingerprint density at radius 3 is 2.58 bits per heavy atom. The number of hydrogen-bond acceptors (Lipinski definition) is 4. The molecule has 3 N–H and O–H groups in total. The van der Waals surface area contributed by atoms with Crippen molar-refractivity contribution in [1.29, 1.82) is 0 Å². The zero-order chi connectivity index (χ0) is 14.4. The predicted octanol–water partition coefficient (Wildman–Crippen LogP) is 2.01. The zero-order valence-electron chi connectivity index (χ0n) is 11.2. The third kappa shape index (κ3) is 4.82. The molecular formula is C13H18N2O3S. The van der Waals surface area contributed by atoms with Crippen LogP contribution in [0.25, 0.3) is 0 Å². The van der Waals surface area contributed by atoms with E-state index < -0.39 is 6.03 Å². The molecule has 0 spiro atoms. The molecule has 0 radical (unpaired) electrons. The lowest BCUT2D eigenvalue weighted by molar-refractivity contribution is -0.120. The van der Waals surface area contributed by atoms with E-state index >= 15 is 0 Å². The molecule has 3 amide bonds. The van der Waals surface area contributed by atoms with Crippen molar-refractivity contribution >= 4 is 23.7 Å².